The van der Waals surface area contributed by atoms with Gasteiger partial charge in [-0.2, -0.15) is 0 Å². The summed E-state index contributed by atoms with van der Waals surface area (Å²) in [5.41, 5.74) is 5.52. The van der Waals surface area contributed by atoms with Crippen LogP contribution in [0.5, 0.6) is 0 Å². The summed E-state index contributed by atoms with van der Waals surface area (Å²) in [5.74, 6) is -0.305. The van der Waals surface area contributed by atoms with Gasteiger partial charge in [-0.05, 0) is 6.42 Å². The Morgan fingerprint density at radius 3 is 2.86 bits per heavy atom. The molecule has 5 nitrogen and oxygen atoms in total. The highest BCUT2D eigenvalue weighted by atomic mass is 16.5. The molecule has 0 radical (unpaired) electrons. The van der Waals surface area contributed by atoms with Crippen molar-refractivity contribution in [1.82, 2.24) is 5.32 Å². The average Bonchev–Trinajstić information content (AvgIpc) is 2.17. The fourth-order valence-electron chi connectivity index (χ4n) is 0.936. The second kappa shape index (κ2) is 7.49. The van der Waals surface area contributed by atoms with Crippen LogP contribution in [0.15, 0.2) is 12.7 Å². The van der Waals surface area contributed by atoms with Gasteiger partial charge >= 0.3 is 0 Å². The van der Waals surface area contributed by atoms with Crippen molar-refractivity contribution in [3.63, 3.8) is 0 Å². The molecular weight excluding hydrogens is 184 g/mol. The number of carbonyl (C=O) groups is 1. The molecule has 5 heteroatoms. The lowest BCUT2D eigenvalue weighted by molar-refractivity contribution is -0.123. The molecule has 0 aromatic heterocycles. The lowest BCUT2D eigenvalue weighted by Gasteiger charge is -2.17. The van der Waals surface area contributed by atoms with Crippen LogP contribution in [0.4, 0.5) is 0 Å². The molecule has 0 heterocycles. The molecule has 0 bridgehead atoms. The first kappa shape index (κ1) is 13.1. The molecule has 0 aromatic rings. The number of rotatable bonds is 7. The van der Waals surface area contributed by atoms with E-state index in [0.29, 0.717) is 6.42 Å². The summed E-state index contributed by atoms with van der Waals surface area (Å²) in [6, 6.07) is -1.01. The van der Waals surface area contributed by atoms with Crippen LogP contribution < -0.4 is 11.1 Å². The number of hydrogen-bond donors (Lipinski definition) is 3. The second-order valence-electron chi connectivity index (χ2n) is 2.97. The Balaban J connectivity index is 3.94. The minimum atomic E-state index is -0.613. The number of methoxy groups -OCH3 is 1. The van der Waals surface area contributed by atoms with E-state index in [2.05, 4.69) is 11.9 Å². The van der Waals surface area contributed by atoms with Crippen molar-refractivity contribution in [3.05, 3.63) is 12.7 Å². The zero-order chi connectivity index (χ0) is 11.0. The molecule has 1 amide bonds. The third kappa shape index (κ3) is 4.96. The number of carbonyl (C=O) groups excluding carboxylic acids is 1. The predicted octanol–water partition coefficient (Wildman–Crippen LogP) is -0.987. The van der Waals surface area contributed by atoms with E-state index in [4.69, 9.17) is 15.6 Å². The first-order chi connectivity index (χ1) is 6.65. The zero-order valence-electron chi connectivity index (χ0n) is 8.40. The molecule has 82 valence electrons. The largest absolute Gasteiger partial charge is 0.394 e. The van der Waals surface area contributed by atoms with Gasteiger partial charge in [0, 0.05) is 7.11 Å². The van der Waals surface area contributed by atoms with Gasteiger partial charge in [0.2, 0.25) is 5.91 Å². The van der Waals surface area contributed by atoms with Gasteiger partial charge < -0.3 is 20.9 Å². The van der Waals surface area contributed by atoms with Crippen molar-refractivity contribution < 1.29 is 14.6 Å². The number of hydrogen-bond acceptors (Lipinski definition) is 4. The van der Waals surface area contributed by atoms with Gasteiger partial charge in [0.05, 0.1) is 25.3 Å². The Morgan fingerprint density at radius 2 is 2.43 bits per heavy atom. The zero-order valence-corrected chi connectivity index (χ0v) is 8.40. The number of amides is 1. The van der Waals surface area contributed by atoms with Crippen LogP contribution in [-0.2, 0) is 9.53 Å². The highest BCUT2D eigenvalue weighted by molar-refractivity contribution is 5.81. The minimum absolute atomic E-state index is 0.166. The van der Waals surface area contributed by atoms with Crippen LogP contribution in [0.1, 0.15) is 6.42 Å². The van der Waals surface area contributed by atoms with E-state index in [1.165, 1.54) is 7.11 Å². The quantitative estimate of drug-likeness (QED) is 0.463. The molecule has 0 aliphatic heterocycles. The van der Waals surface area contributed by atoms with Gasteiger partial charge in [0.15, 0.2) is 0 Å². The van der Waals surface area contributed by atoms with E-state index in [9.17, 15) is 4.79 Å². The molecule has 4 N–H and O–H groups in total. The Morgan fingerprint density at radius 1 is 1.79 bits per heavy atom. The normalized spacial score (nSPS) is 14.5. The fourth-order valence-corrected chi connectivity index (χ4v) is 0.936. The first-order valence-electron chi connectivity index (χ1n) is 4.42. The van der Waals surface area contributed by atoms with Crippen LogP contribution >= 0.6 is 0 Å². The second-order valence-corrected chi connectivity index (χ2v) is 2.97. The number of aliphatic hydroxyl groups is 1. The van der Waals surface area contributed by atoms with Crippen LogP contribution in [0.3, 0.4) is 0 Å². The maximum Gasteiger partial charge on any atom is 0.237 e. The molecule has 0 saturated carbocycles. The Kier molecular flexibility index (Phi) is 7.00. The third-order valence-corrected chi connectivity index (χ3v) is 1.69. The molecule has 0 rings (SSSR count). The standard InChI is InChI=1S/C9H18N2O3/c1-3-4-8(10)9(13)11-7(5-12)6-14-2/h3,7-8,12H,1,4-6,10H2,2H3,(H,11,13). The summed E-state index contributed by atoms with van der Waals surface area (Å²) in [6.07, 6.45) is 1.99. The van der Waals surface area contributed by atoms with Gasteiger partial charge in [-0.3, -0.25) is 4.79 Å². The average molecular weight is 202 g/mol. The van der Waals surface area contributed by atoms with Crippen molar-refractivity contribution in [2.24, 2.45) is 5.73 Å². The molecule has 0 aliphatic carbocycles. The SMILES string of the molecule is C=CCC(N)C(=O)NC(CO)COC. The summed E-state index contributed by atoms with van der Waals surface area (Å²) >= 11 is 0. The van der Waals surface area contributed by atoms with E-state index >= 15 is 0 Å². The van der Waals surface area contributed by atoms with Crippen molar-refractivity contribution in [1.29, 1.82) is 0 Å². The van der Waals surface area contributed by atoms with Crippen LogP contribution in [0, 0.1) is 0 Å². The first-order valence-corrected chi connectivity index (χ1v) is 4.42. The van der Waals surface area contributed by atoms with Crippen LogP contribution in [0.25, 0.3) is 0 Å². The summed E-state index contributed by atoms with van der Waals surface area (Å²) in [4.78, 5) is 11.3. The highest BCUT2D eigenvalue weighted by Crippen LogP contribution is 1.91. The molecular formula is C9H18N2O3. The van der Waals surface area contributed by atoms with Gasteiger partial charge in [0.25, 0.3) is 0 Å². The number of ether oxygens (including phenoxy) is 1. The van der Waals surface area contributed by atoms with Crippen molar-refractivity contribution >= 4 is 5.91 Å². The van der Waals surface area contributed by atoms with E-state index in [0.717, 1.165) is 0 Å². The number of aliphatic hydroxyl groups excluding tert-OH is 1. The Labute approximate surface area is 83.9 Å². The molecule has 2 unspecified atom stereocenters. The summed E-state index contributed by atoms with van der Waals surface area (Å²) < 4.78 is 4.80. The summed E-state index contributed by atoms with van der Waals surface area (Å²) in [7, 11) is 1.50. The van der Waals surface area contributed by atoms with E-state index in [1.54, 1.807) is 6.08 Å². The highest BCUT2D eigenvalue weighted by Gasteiger charge is 2.16. The number of nitrogens with two attached hydrogens (primary N) is 1. The molecule has 2 atom stereocenters. The third-order valence-electron chi connectivity index (χ3n) is 1.69. The summed E-state index contributed by atoms with van der Waals surface area (Å²) in [5, 5.41) is 11.4. The summed E-state index contributed by atoms with van der Waals surface area (Å²) in [6.45, 7) is 3.59. The molecule has 0 fully saturated rings. The molecule has 0 spiro atoms. The fraction of sp³-hybridized carbons (Fsp3) is 0.667. The van der Waals surface area contributed by atoms with Crippen molar-refractivity contribution in [2.75, 3.05) is 20.3 Å². The molecule has 14 heavy (non-hydrogen) atoms. The molecule has 0 aromatic carbocycles. The van der Waals surface area contributed by atoms with Gasteiger partial charge in [-0.25, -0.2) is 0 Å². The minimum Gasteiger partial charge on any atom is -0.394 e. The van der Waals surface area contributed by atoms with E-state index in [1.807, 2.05) is 0 Å². The van der Waals surface area contributed by atoms with Crippen molar-refractivity contribution in [3.8, 4) is 0 Å². The lowest BCUT2D eigenvalue weighted by atomic mass is 10.2. The topological polar surface area (TPSA) is 84.6 Å². The van der Waals surface area contributed by atoms with E-state index in [-0.39, 0.29) is 19.1 Å². The lowest BCUT2D eigenvalue weighted by Crippen LogP contribution is -2.48. The van der Waals surface area contributed by atoms with Gasteiger partial charge in [-0.15, -0.1) is 6.58 Å². The molecule has 0 saturated heterocycles. The molecule has 0 aliphatic rings. The Bertz CT molecular complexity index is 185. The van der Waals surface area contributed by atoms with Crippen LogP contribution in [-0.4, -0.2) is 43.4 Å². The van der Waals surface area contributed by atoms with E-state index < -0.39 is 12.1 Å². The number of nitrogens with one attached hydrogen (secondary N) is 1. The van der Waals surface area contributed by atoms with Crippen LogP contribution in [0.2, 0.25) is 0 Å². The van der Waals surface area contributed by atoms with Crippen molar-refractivity contribution in [2.45, 2.75) is 18.5 Å². The maximum atomic E-state index is 11.3. The predicted molar refractivity (Wildman–Crippen MR) is 53.7 cm³/mol. The smallest absolute Gasteiger partial charge is 0.237 e. The Hall–Kier alpha value is -0.910. The van der Waals surface area contributed by atoms with Gasteiger partial charge in [0.1, 0.15) is 0 Å². The monoisotopic (exact) mass is 202 g/mol. The maximum absolute atomic E-state index is 11.3. The van der Waals surface area contributed by atoms with Gasteiger partial charge in [-0.1, -0.05) is 6.08 Å².